The van der Waals surface area contributed by atoms with Crippen molar-refractivity contribution < 1.29 is 4.74 Å². The molecule has 0 aliphatic carbocycles. The van der Waals surface area contributed by atoms with Crippen molar-refractivity contribution in [2.75, 3.05) is 26.6 Å². The highest BCUT2D eigenvalue weighted by Crippen LogP contribution is 2.56. The summed E-state index contributed by atoms with van der Waals surface area (Å²) in [6, 6.07) is 0. The van der Waals surface area contributed by atoms with Gasteiger partial charge >= 0.3 is 0 Å². The maximum atomic E-state index is 5.32. The van der Waals surface area contributed by atoms with Crippen LogP contribution in [0.1, 0.15) is 20.3 Å². The molecule has 62 valence electrons. The molecule has 0 N–H and O–H groups in total. The monoisotopic (exact) mass is 163 g/mol. The first-order valence-electron chi connectivity index (χ1n) is 3.90. The molecule has 0 amide bonds. The van der Waals surface area contributed by atoms with E-state index in [2.05, 4.69) is 27.2 Å². The quantitative estimate of drug-likeness (QED) is 0.579. The molecule has 1 unspecified atom stereocenters. The van der Waals surface area contributed by atoms with Gasteiger partial charge in [-0.05, 0) is 13.3 Å². The van der Waals surface area contributed by atoms with E-state index < -0.39 is 7.26 Å². The van der Waals surface area contributed by atoms with Gasteiger partial charge < -0.3 is 4.74 Å². The maximum Gasteiger partial charge on any atom is 0.163 e. The van der Waals surface area contributed by atoms with Gasteiger partial charge in [-0.2, -0.15) is 0 Å². The van der Waals surface area contributed by atoms with Gasteiger partial charge in [0.15, 0.2) is 5.85 Å². The van der Waals surface area contributed by atoms with Gasteiger partial charge in [0.1, 0.15) is 0 Å². The summed E-state index contributed by atoms with van der Waals surface area (Å²) in [6.07, 6.45) is 2.64. The van der Waals surface area contributed by atoms with Crippen LogP contribution in [0.5, 0.6) is 0 Å². The molecule has 1 nitrogen and oxygen atoms in total. The second-order valence-electron chi connectivity index (χ2n) is 3.34. The Morgan fingerprint density at radius 1 is 1.40 bits per heavy atom. The summed E-state index contributed by atoms with van der Waals surface area (Å²) in [6.45, 7) is 9.16. The predicted octanol–water partition coefficient (Wildman–Crippen LogP) is 2.67. The molecule has 0 radical (unpaired) electrons. The van der Waals surface area contributed by atoms with Crippen molar-refractivity contribution >= 4 is 7.26 Å². The molecular weight excluding hydrogens is 143 g/mol. The third-order valence-corrected chi connectivity index (χ3v) is 5.90. The first-order chi connectivity index (χ1) is 4.54. The van der Waals surface area contributed by atoms with Crippen LogP contribution in [0.2, 0.25) is 0 Å². The van der Waals surface area contributed by atoms with E-state index in [-0.39, 0.29) is 0 Å². The summed E-state index contributed by atoms with van der Waals surface area (Å²) in [5.74, 6) is 0.479. The Morgan fingerprint density at radius 3 is 2.20 bits per heavy atom. The molecule has 2 heteroatoms. The highest BCUT2D eigenvalue weighted by molar-refractivity contribution is 7.74. The van der Waals surface area contributed by atoms with Crippen LogP contribution in [-0.2, 0) is 4.74 Å². The standard InChI is InChI=1S/C8H20OP/c1-6-7-10(4,5)8(2)9-3/h8H,6-7H2,1-5H3/q+1. The van der Waals surface area contributed by atoms with Crippen LogP contribution in [-0.4, -0.2) is 32.4 Å². The van der Waals surface area contributed by atoms with Gasteiger partial charge in [-0.25, -0.2) is 0 Å². The molecule has 0 aromatic heterocycles. The molecule has 10 heavy (non-hydrogen) atoms. The largest absolute Gasteiger partial charge is 0.347 e. The molecule has 0 rings (SSSR count). The average molecular weight is 163 g/mol. The highest BCUT2D eigenvalue weighted by Gasteiger charge is 2.31. The Balaban J connectivity index is 3.82. The first-order valence-corrected chi connectivity index (χ1v) is 6.83. The normalized spacial score (nSPS) is 15.3. The van der Waals surface area contributed by atoms with E-state index in [1.165, 1.54) is 12.6 Å². The third kappa shape index (κ3) is 2.98. The lowest BCUT2D eigenvalue weighted by molar-refractivity contribution is 0.181. The van der Waals surface area contributed by atoms with Gasteiger partial charge in [0.2, 0.25) is 0 Å². The van der Waals surface area contributed by atoms with Gasteiger partial charge in [0.25, 0.3) is 0 Å². The summed E-state index contributed by atoms with van der Waals surface area (Å²) < 4.78 is 5.32. The summed E-state index contributed by atoms with van der Waals surface area (Å²) in [4.78, 5) is 0. The van der Waals surface area contributed by atoms with Crippen LogP contribution in [0, 0.1) is 0 Å². The highest BCUT2D eigenvalue weighted by atomic mass is 31.2. The van der Waals surface area contributed by atoms with Gasteiger partial charge in [0, 0.05) is 14.4 Å². The molecule has 0 spiro atoms. The second-order valence-corrected chi connectivity index (χ2v) is 8.07. The summed E-state index contributed by atoms with van der Waals surface area (Å²) in [5, 5.41) is 0. The molecule has 0 saturated carbocycles. The minimum absolute atomic E-state index is 0.479. The lowest BCUT2D eigenvalue weighted by Gasteiger charge is -2.23. The van der Waals surface area contributed by atoms with E-state index >= 15 is 0 Å². The van der Waals surface area contributed by atoms with E-state index in [0.717, 1.165) is 0 Å². The van der Waals surface area contributed by atoms with Gasteiger partial charge in [0.05, 0.1) is 19.5 Å². The smallest absolute Gasteiger partial charge is 0.163 e. The lowest BCUT2D eigenvalue weighted by Crippen LogP contribution is -2.12. The molecule has 0 heterocycles. The van der Waals surface area contributed by atoms with Crippen molar-refractivity contribution in [2.24, 2.45) is 0 Å². The molecule has 0 bridgehead atoms. The minimum Gasteiger partial charge on any atom is -0.347 e. The van der Waals surface area contributed by atoms with E-state index in [1.54, 1.807) is 0 Å². The zero-order valence-electron chi connectivity index (χ0n) is 7.85. The number of ether oxygens (including phenoxy) is 1. The Morgan fingerprint density at radius 2 is 1.90 bits per heavy atom. The second kappa shape index (κ2) is 4.31. The zero-order chi connectivity index (χ0) is 8.20. The van der Waals surface area contributed by atoms with Crippen LogP contribution in [0.3, 0.4) is 0 Å². The molecule has 0 aliphatic heterocycles. The van der Waals surface area contributed by atoms with Crippen LogP contribution in [0.15, 0.2) is 0 Å². The fourth-order valence-electron chi connectivity index (χ4n) is 1.04. The molecule has 1 atom stereocenters. The SMILES string of the molecule is CCC[P+](C)(C)C(C)OC. The lowest BCUT2D eigenvalue weighted by atomic mass is 10.6. The average Bonchev–Trinajstić information content (AvgIpc) is 1.86. The van der Waals surface area contributed by atoms with Crippen LogP contribution in [0.4, 0.5) is 0 Å². The van der Waals surface area contributed by atoms with Crippen molar-refractivity contribution in [3.05, 3.63) is 0 Å². The van der Waals surface area contributed by atoms with Crippen molar-refractivity contribution in [3.8, 4) is 0 Å². The van der Waals surface area contributed by atoms with E-state index in [1.807, 2.05) is 7.11 Å². The molecule has 0 aromatic rings. The number of rotatable bonds is 4. The molecule has 0 fully saturated rings. The van der Waals surface area contributed by atoms with Crippen LogP contribution < -0.4 is 0 Å². The van der Waals surface area contributed by atoms with Crippen molar-refractivity contribution in [1.82, 2.24) is 0 Å². The Hall–Kier alpha value is 0.390. The summed E-state index contributed by atoms with van der Waals surface area (Å²) >= 11 is 0. The van der Waals surface area contributed by atoms with Crippen molar-refractivity contribution in [1.29, 1.82) is 0 Å². The third-order valence-electron chi connectivity index (χ3n) is 2.13. The maximum absolute atomic E-state index is 5.32. The molecule has 0 saturated heterocycles. The van der Waals surface area contributed by atoms with Crippen LogP contribution >= 0.6 is 7.26 Å². The topological polar surface area (TPSA) is 9.23 Å². The van der Waals surface area contributed by atoms with Gasteiger partial charge in [-0.1, -0.05) is 6.92 Å². The molecule has 0 aliphatic rings. The van der Waals surface area contributed by atoms with Gasteiger partial charge in [-0.15, -0.1) is 0 Å². The summed E-state index contributed by atoms with van der Waals surface area (Å²) in [5.41, 5.74) is 0. The zero-order valence-corrected chi connectivity index (χ0v) is 8.74. The Kier molecular flexibility index (Phi) is 4.47. The molecular formula is C8H20OP+. The number of hydrogen-bond acceptors (Lipinski definition) is 1. The van der Waals surface area contributed by atoms with Crippen molar-refractivity contribution in [2.45, 2.75) is 26.1 Å². The Bertz CT molecular complexity index is 91.3. The van der Waals surface area contributed by atoms with Crippen molar-refractivity contribution in [3.63, 3.8) is 0 Å². The van der Waals surface area contributed by atoms with E-state index in [9.17, 15) is 0 Å². The fourth-order valence-corrected chi connectivity index (χ4v) is 3.13. The molecule has 0 aromatic carbocycles. The minimum atomic E-state index is -0.756. The van der Waals surface area contributed by atoms with Crippen LogP contribution in [0.25, 0.3) is 0 Å². The van der Waals surface area contributed by atoms with E-state index in [0.29, 0.717) is 5.85 Å². The van der Waals surface area contributed by atoms with E-state index in [4.69, 9.17) is 4.74 Å². The first kappa shape index (κ1) is 10.4. The number of hydrogen-bond donors (Lipinski definition) is 0. The Labute approximate surface area is 65.5 Å². The van der Waals surface area contributed by atoms with Gasteiger partial charge in [-0.3, -0.25) is 0 Å². The fraction of sp³-hybridized carbons (Fsp3) is 1.00. The summed E-state index contributed by atoms with van der Waals surface area (Å²) in [7, 11) is 1.05. The predicted molar refractivity (Wildman–Crippen MR) is 50.4 cm³/mol. The number of methoxy groups -OCH3 is 1.